The van der Waals surface area contributed by atoms with Gasteiger partial charge in [-0.3, -0.25) is 29.8 Å². The van der Waals surface area contributed by atoms with Gasteiger partial charge in [-0.15, -0.1) is 0 Å². The first-order valence-electron chi connectivity index (χ1n) is 5.61. The fraction of sp³-hybridized carbons (Fsp3) is 0.0909. The maximum Gasteiger partial charge on any atom is 0.277 e. The molecule has 2 aromatic rings. The summed E-state index contributed by atoms with van der Waals surface area (Å²) in [4.78, 5) is 44.9. The molecule has 11 heteroatoms. The number of nitro groups is 2. The minimum Gasteiger partial charge on any atom is -0.306 e. The third kappa shape index (κ3) is 2.99. The standard InChI is InChI=1S/C11H7N3O6S2/c1-12(9-5-21-22-11(9)16)10(15)6-2-7(13(17)18)4-8(3-6)14(19)20/h2-5H,1H3. The van der Waals surface area contributed by atoms with E-state index in [4.69, 9.17) is 0 Å². The van der Waals surface area contributed by atoms with Gasteiger partial charge in [0, 0.05) is 24.6 Å². The van der Waals surface area contributed by atoms with Gasteiger partial charge in [0.05, 0.1) is 21.5 Å². The number of rotatable bonds is 4. The predicted molar refractivity (Wildman–Crippen MR) is 81.0 cm³/mol. The lowest BCUT2D eigenvalue weighted by molar-refractivity contribution is -0.394. The van der Waals surface area contributed by atoms with E-state index in [1.807, 2.05) is 0 Å². The third-order valence-corrected chi connectivity index (χ3v) is 4.54. The topological polar surface area (TPSA) is 124 Å². The smallest absolute Gasteiger partial charge is 0.277 e. The Kier molecular flexibility index (Phi) is 4.28. The van der Waals surface area contributed by atoms with Crippen molar-refractivity contribution in [1.29, 1.82) is 0 Å². The zero-order valence-corrected chi connectivity index (χ0v) is 12.6. The van der Waals surface area contributed by atoms with Gasteiger partial charge < -0.3 is 4.90 Å². The van der Waals surface area contributed by atoms with Crippen molar-refractivity contribution >= 4 is 43.7 Å². The Morgan fingerprint density at radius 3 is 2.09 bits per heavy atom. The van der Waals surface area contributed by atoms with Crippen molar-refractivity contribution in [2.24, 2.45) is 0 Å². The van der Waals surface area contributed by atoms with Gasteiger partial charge in [-0.1, -0.05) is 10.3 Å². The van der Waals surface area contributed by atoms with Gasteiger partial charge in [-0.25, -0.2) is 0 Å². The van der Waals surface area contributed by atoms with Crippen molar-refractivity contribution in [2.75, 3.05) is 11.9 Å². The number of non-ortho nitro benzene ring substituents is 2. The van der Waals surface area contributed by atoms with Crippen LogP contribution in [0.4, 0.5) is 17.1 Å². The molecule has 1 aromatic carbocycles. The Hall–Kier alpha value is -2.66. The van der Waals surface area contributed by atoms with Crippen LogP contribution in [-0.2, 0) is 0 Å². The highest BCUT2D eigenvalue weighted by atomic mass is 32.9. The second kappa shape index (κ2) is 5.99. The lowest BCUT2D eigenvalue weighted by atomic mass is 10.1. The number of hydrogen-bond acceptors (Lipinski definition) is 8. The van der Waals surface area contributed by atoms with Crippen LogP contribution in [0.25, 0.3) is 0 Å². The molecule has 1 aromatic heterocycles. The molecule has 0 N–H and O–H groups in total. The van der Waals surface area contributed by atoms with E-state index in [1.165, 1.54) is 12.4 Å². The highest BCUT2D eigenvalue weighted by Gasteiger charge is 2.23. The maximum atomic E-state index is 12.3. The molecule has 1 amide bonds. The molecule has 0 aliphatic rings. The second-order valence-corrected chi connectivity index (χ2v) is 6.13. The van der Waals surface area contributed by atoms with Crippen LogP contribution >= 0.6 is 20.7 Å². The monoisotopic (exact) mass is 341 g/mol. The number of nitro benzene ring substituents is 2. The van der Waals surface area contributed by atoms with Crippen molar-refractivity contribution in [3.8, 4) is 0 Å². The summed E-state index contributed by atoms with van der Waals surface area (Å²) in [5, 5.41) is 23.1. The van der Waals surface area contributed by atoms with E-state index >= 15 is 0 Å². The molecule has 0 saturated heterocycles. The van der Waals surface area contributed by atoms with Crippen molar-refractivity contribution < 1.29 is 14.6 Å². The summed E-state index contributed by atoms with van der Waals surface area (Å²) in [5.41, 5.74) is -1.25. The van der Waals surface area contributed by atoms with Crippen LogP contribution in [0.1, 0.15) is 10.4 Å². The van der Waals surface area contributed by atoms with Crippen LogP contribution in [0.15, 0.2) is 28.4 Å². The number of amides is 1. The van der Waals surface area contributed by atoms with Crippen molar-refractivity contribution in [2.45, 2.75) is 0 Å². The first-order valence-corrected chi connectivity index (χ1v) is 7.82. The number of nitrogens with zero attached hydrogens (tertiary/aromatic N) is 3. The normalized spacial score (nSPS) is 10.2. The molecule has 0 spiro atoms. The number of anilines is 1. The summed E-state index contributed by atoms with van der Waals surface area (Å²) in [6.45, 7) is 0. The lowest BCUT2D eigenvalue weighted by Crippen LogP contribution is -2.29. The molecule has 1 heterocycles. The SMILES string of the molecule is CN(C(=O)c1cc([N+](=O)[O-])cc([N+](=O)[O-])c1)c1cssc1=O. The van der Waals surface area contributed by atoms with E-state index in [1.54, 1.807) is 0 Å². The first kappa shape index (κ1) is 15.7. The van der Waals surface area contributed by atoms with Crippen molar-refractivity contribution in [1.82, 2.24) is 0 Å². The summed E-state index contributed by atoms with van der Waals surface area (Å²) in [6, 6.07) is 2.64. The van der Waals surface area contributed by atoms with E-state index in [-0.39, 0.29) is 16.0 Å². The second-order valence-electron chi connectivity index (χ2n) is 4.09. The third-order valence-electron chi connectivity index (χ3n) is 2.73. The maximum absolute atomic E-state index is 12.3. The zero-order valence-electron chi connectivity index (χ0n) is 10.9. The van der Waals surface area contributed by atoms with Gasteiger partial charge in [0.15, 0.2) is 0 Å². The van der Waals surface area contributed by atoms with Crippen LogP contribution in [0.2, 0.25) is 0 Å². The van der Waals surface area contributed by atoms with E-state index in [0.29, 0.717) is 0 Å². The Bertz CT molecular complexity index is 795. The fourth-order valence-corrected chi connectivity index (χ4v) is 3.44. The minimum absolute atomic E-state index is 0.120. The molecule has 0 bridgehead atoms. The van der Waals surface area contributed by atoms with Crippen LogP contribution in [0.5, 0.6) is 0 Å². The summed E-state index contributed by atoms with van der Waals surface area (Å²) >= 11 is 0. The molecule has 9 nitrogen and oxygen atoms in total. The lowest BCUT2D eigenvalue weighted by Gasteiger charge is -2.14. The highest BCUT2D eigenvalue weighted by Crippen LogP contribution is 2.25. The van der Waals surface area contributed by atoms with Crippen molar-refractivity contribution in [3.05, 3.63) is 58.9 Å². The van der Waals surface area contributed by atoms with Crippen LogP contribution in [0, 0.1) is 20.2 Å². The number of carbonyl (C=O) groups excluding carboxylic acids is 1. The first-order chi connectivity index (χ1) is 10.3. The molecule has 0 radical (unpaired) electrons. The molecule has 0 unspecified atom stereocenters. The summed E-state index contributed by atoms with van der Waals surface area (Å²) in [5.74, 6) is -0.741. The Labute approximate surface area is 129 Å². The Morgan fingerprint density at radius 1 is 1.14 bits per heavy atom. The van der Waals surface area contributed by atoms with E-state index in [0.717, 1.165) is 43.8 Å². The molecule has 0 aliphatic heterocycles. The Balaban J connectivity index is 2.49. The quantitative estimate of drug-likeness (QED) is 0.477. The Morgan fingerprint density at radius 2 is 1.68 bits per heavy atom. The number of carbonyl (C=O) groups is 1. The van der Waals surface area contributed by atoms with Gasteiger partial charge in [0.25, 0.3) is 22.0 Å². The molecular weight excluding hydrogens is 334 g/mol. The molecule has 0 saturated carbocycles. The van der Waals surface area contributed by atoms with Crippen LogP contribution < -0.4 is 9.64 Å². The molecule has 0 fully saturated rings. The van der Waals surface area contributed by atoms with Gasteiger partial charge in [-0.05, 0) is 10.3 Å². The van der Waals surface area contributed by atoms with E-state index in [9.17, 15) is 29.8 Å². The average Bonchev–Trinajstić information content (AvgIpc) is 2.91. The molecule has 22 heavy (non-hydrogen) atoms. The molecule has 2 rings (SSSR count). The summed E-state index contributed by atoms with van der Waals surface area (Å²) < 4.78 is -0.333. The molecule has 0 atom stereocenters. The fourth-order valence-electron chi connectivity index (χ4n) is 1.65. The van der Waals surface area contributed by atoms with Gasteiger partial charge >= 0.3 is 0 Å². The zero-order chi connectivity index (χ0) is 16.4. The summed E-state index contributed by atoms with van der Waals surface area (Å²) in [7, 11) is 3.40. The molecular formula is C11H7N3O6S2. The van der Waals surface area contributed by atoms with Crippen LogP contribution in [-0.4, -0.2) is 22.8 Å². The molecule has 114 valence electrons. The number of benzene rings is 1. The highest BCUT2D eigenvalue weighted by molar-refractivity contribution is 7.68. The van der Waals surface area contributed by atoms with Crippen molar-refractivity contribution in [3.63, 3.8) is 0 Å². The van der Waals surface area contributed by atoms with E-state index < -0.39 is 27.1 Å². The molecule has 0 aliphatic carbocycles. The largest absolute Gasteiger partial charge is 0.306 e. The van der Waals surface area contributed by atoms with Gasteiger partial charge in [-0.2, -0.15) is 0 Å². The summed E-state index contributed by atoms with van der Waals surface area (Å²) in [6.07, 6.45) is 0. The van der Waals surface area contributed by atoms with Crippen LogP contribution in [0.3, 0.4) is 0 Å². The van der Waals surface area contributed by atoms with Gasteiger partial charge in [0.1, 0.15) is 5.69 Å². The van der Waals surface area contributed by atoms with E-state index in [2.05, 4.69) is 0 Å². The average molecular weight is 341 g/mol. The van der Waals surface area contributed by atoms with Gasteiger partial charge in [0.2, 0.25) is 0 Å². The number of hydrogen-bond donors (Lipinski definition) is 0. The minimum atomic E-state index is -0.824. The predicted octanol–water partition coefficient (Wildman–Crippen LogP) is 2.26.